The van der Waals surface area contributed by atoms with Crippen LogP contribution >= 0.6 is 11.6 Å². The van der Waals surface area contributed by atoms with Crippen LogP contribution in [0, 0.1) is 0 Å². The number of anilines is 1. The highest BCUT2D eigenvalue weighted by Gasteiger charge is 2.05. The maximum atomic E-state index is 11.2. The maximum Gasteiger partial charge on any atom is 0.250 e. The molecule has 0 fully saturated rings. The molecule has 0 aliphatic carbocycles. The van der Waals surface area contributed by atoms with Crippen molar-refractivity contribution < 1.29 is 9.53 Å². The van der Waals surface area contributed by atoms with E-state index in [9.17, 15) is 4.79 Å². The lowest BCUT2D eigenvalue weighted by molar-refractivity contribution is -0.111. The van der Waals surface area contributed by atoms with Crippen molar-refractivity contribution in [1.82, 2.24) is 9.97 Å². The number of allylic oxidation sites excluding steroid dienone is 1. The third-order valence-electron chi connectivity index (χ3n) is 1.43. The van der Waals surface area contributed by atoms with Crippen molar-refractivity contribution in [3.05, 3.63) is 23.4 Å². The fraction of sp³-hybridized carbons (Fsp3) is 0.222. The van der Waals surface area contributed by atoms with Crippen molar-refractivity contribution >= 4 is 23.5 Å². The molecule has 0 spiro atoms. The topological polar surface area (TPSA) is 64.1 Å². The summed E-state index contributed by atoms with van der Waals surface area (Å²) in [6, 6.07) is 1.45. The largest absolute Gasteiger partial charge is 0.481 e. The van der Waals surface area contributed by atoms with Gasteiger partial charge in [0.15, 0.2) is 0 Å². The van der Waals surface area contributed by atoms with Gasteiger partial charge < -0.3 is 4.74 Å². The molecule has 0 saturated heterocycles. The number of amides is 1. The van der Waals surface area contributed by atoms with Crippen LogP contribution in [0.2, 0.25) is 5.15 Å². The molecule has 15 heavy (non-hydrogen) atoms. The summed E-state index contributed by atoms with van der Waals surface area (Å²) in [5.41, 5.74) is 0. The molecular weight excluding hydrogens is 218 g/mol. The number of halogens is 1. The van der Waals surface area contributed by atoms with Gasteiger partial charge in [0.05, 0.1) is 7.11 Å². The van der Waals surface area contributed by atoms with E-state index in [0.717, 1.165) is 0 Å². The highest BCUT2D eigenvalue weighted by molar-refractivity contribution is 6.29. The second-order valence-electron chi connectivity index (χ2n) is 2.55. The Morgan fingerprint density at radius 3 is 2.93 bits per heavy atom. The van der Waals surface area contributed by atoms with Crippen LogP contribution in [0.4, 0.5) is 5.95 Å². The lowest BCUT2D eigenvalue weighted by Crippen LogP contribution is -2.11. The van der Waals surface area contributed by atoms with Gasteiger partial charge in [0.2, 0.25) is 17.7 Å². The van der Waals surface area contributed by atoms with Crippen LogP contribution in [0.1, 0.15) is 6.92 Å². The molecule has 1 rings (SSSR count). The third-order valence-corrected chi connectivity index (χ3v) is 1.63. The number of nitrogens with zero attached hydrogens (tertiary/aromatic N) is 2. The first kappa shape index (κ1) is 11.5. The zero-order valence-electron chi connectivity index (χ0n) is 8.32. The third kappa shape index (κ3) is 3.55. The fourth-order valence-electron chi connectivity index (χ4n) is 0.861. The second-order valence-corrected chi connectivity index (χ2v) is 2.93. The molecule has 0 unspecified atom stereocenters. The predicted molar refractivity (Wildman–Crippen MR) is 57.0 cm³/mol. The number of carbonyl (C=O) groups is 1. The van der Waals surface area contributed by atoms with Gasteiger partial charge in [0, 0.05) is 6.07 Å². The normalized spacial score (nSPS) is 10.3. The Labute approximate surface area is 92.1 Å². The summed E-state index contributed by atoms with van der Waals surface area (Å²) in [4.78, 5) is 18.9. The molecule has 80 valence electrons. The van der Waals surface area contributed by atoms with Crippen molar-refractivity contribution in [3.63, 3.8) is 0 Å². The quantitative estimate of drug-likeness (QED) is 0.630. The monoisotopic (exact) mass is 227 g/mol. The van der Waals surface area contributed by atoms with E-state index in [1.165, 1.54) is 19.3 Å². The fourth-order valence-corrected chi connectivity index (χ4v) is 1.03. The van der Waals surface area contributed by atoms with Crippen molar-refractivity contribution in [1.29, 1.82) is 0 Å². The summed E-state index contributed by atoms with van der Waals surface area (Å²) >= 11 is 5.69. The van der Waals surface area contributed by atoms with Crippen LogP contribution in [-0.2, 0) is 4.79 Å². The van der Waals surface area contributed by atoms with E-state index >= 15 is 0 Å². The summed E-state index contributed by atoms with van der Waals surface area (Å²) in [5.74, 6) is 0.0926. The summed E-state index contributed by atoms with van der Waals surface area (Å²) in [5, 5.41) is 2.65. The summed E-state index contributed by atoms with van der Waals surface area (Å²) in [6.45, 7) is 1.74. The first-order valence-electron chi connectivity index (χ1n) is 4.18. The first-order valence-corrected chi connectivity index (χ1v) is 4.55. The molecule has 0 aliphatic rings. The standard InChI is InChI=1S/C9H10ClN3O2/c1-3-4-7(14)12-9-11-6(10)5-8(13-9)15-2/h3-5H,1-2H3,(H,11,12,13,14)/b4-3+. The van der Waals surface area contributed by atoms with Crippen molar-refractivity contribution in [2.75, 3.05) is 12.4 Å². The molecule has 0 aliphatic heterocycles. The molecule has 0 radical (unpaired) electrons. The highest BCUT2D eigenvalue weighted by atomic mass is 35.5. The van der Waals surface area contributed by atoms with Gasteiger partial charge in [-0.2, -0.15) is 4.98 Å². The maximum absolute atomic E-state index is 11.2. The zero-order chi connectivity index (χ0) is 11.3. The Kier molecular flexibility index (Phi) is 4.05. The Morgan fingerprint density at radius 1 is 1.60 bits per heavy atom. The van der Waals surface area contributed by atoms with Gasteiger partial charge in [-0.3, -0.25) is 10.1 Å². The van der Waals surface area contributed by atoms with Gasteiger partial charge in [-0.1, -0.05) is 17.7 Å². The number of hydrogen-bond donors (Lipinski definition) is 1. The molecule has 5 nitrogen and oxygen atoms in total. The molecule has 1 aromatic rings. The van der Waals surface area contributed by atoms with Gasteiger partial charge >= 0.3 is 0 Å². The Balaban J connectivity index is 2.85. The van der Waals surface area contributed by atoms with E-state index in [4.69, 9.17) is 16.3 Å². The van der Waals surface area contributed by atoms with Crippen LogP contribution < -0.4 is 10.1 Å². The minimum Gasteiger partial charge on any atom is -0.481 e. The average molecular weight is 228 g/mol. The van der Waals surface area contributed by atoms with Crippen molar-refractivity contribution in [3.8, 4) is 5.88 Å². The Bertz CT molecular complexity index is 393. The van der Waals surface area contributed by atoms with Crippen LogP contribution in [0.5, 0.6) is 5.88 Å². The van der Waals surface area contributed by atoms with E-state index in [1.54, 1.807) is 13.0 Å². The zero-order valence-corrected chi connectivity index (χ0v) is 9.08. The first-order chi connectivity index (χ1) is 7.15. The average Bonchev–Trinajstić information content (AvgIpc) is 2.17. The van der Waals surface area contributed by atoms with Crippen LogP contribution in [0.15, 0.2) is 18.2 Å². The molecule has 6 heteroatoms. The number of aromatic nitrogens is 2. The van der Waals surface area contributed by atoms with Gasteiger partial charge in [0.1, 0.15) is 5.15 Å². The smallest absolute Gasteiger partial charge is 0.250 e. The Morgan fingerprint density at radius 2 is 2.33 bits per heavy atom. The molecular formula is C9H10ClN3O2. The molecule has 1 amide bonds. The van der Waals surface area contributed by atoms with E-state index in [2.05, 4.69) is 15.3 Å². The minimum atomic E-state index is -0.318. The molecule has 1 N–H and O–H groups in total. The van der Waals surface area contributed by atoms with Crippen molar-refractivity contribution in [2.45, 2.75) is 6.92 Å². The number of nitrogens with one attached hydrogen (secondary N) is 1. The van der Waals surface area contributed by atoms with Gasteiger partial charge in [0.25, 0.3) is 0 Å². The molecule has 1 aromatic heterocycles. The number of rotatable bonds is 3. The van der Waals surface area contributed by atoms with Gasteiger partial charge in [-0.25, -0.2) is 4.98 Å². The van der Waals surface area contributed by atoms with Gasteiger partial charge in [-0.05, 0) is 13.0 Å². The summed E-state index contributed by atoms with van der Waals surface area (Å²) in [6.07, 6.45) is 2.97. The van der Waals surface area contributed by atoms with Crippen molar-refractivity contribution in [2.24, 2.45) is 0 Å². The number of hydrogen-bond acceptors (Lipinski definition) is 4. The van der Waals surface area contributed by atoms with Crippen LogP contribution in [0.3, 0.4) is 0 Å². The molecule has 0 saturated carbocycles. The molecule has 0 bridgehead atoms. The predicted octanol–water partition coefficient (Wildman–Crippen LogP) is 1.65. The number of ether oxygens (including phenoxy) is 1. The Hall–Kier alpha value is -1.62. The van der Waals surface area contributed by atoms with E-state index < -0.39 is 0 Å². The molecule has 1 heterocycles. The lowest BCUT2D eigenvalue weighted by atomic mass is 10.5. The molecule has 0 atom stereocenters. The SMILES string of the molecule is C/C=C/C(=O)Nc1nc(Cl)cc(OC)n1. The van der Waals surface area contributed by atoms with Crippen LogP contribution in [0.25, 0.3) is 0 Å². The lowest BCUT2D eigenvalue weighted by Gasteiger charge is -2.03. The highest BCUT2D eigenvalue weighted by Crippen LogP contribution is 2.15. The number of methoxy groups -OCH3 is 1. The number of carbonyl (C=O) groups excluding carboxylic acids is 1. The van der Waals surface area contributed by atoms with Gasteiger partial charge in [-0.15, -0.1) is 0 Å². The van der Waals surface area contributed by atoms with E-state index in [-0.39, 0.29) is 17.0 Å². The summed E-state index contributed by atoms with van der Waals surface area (Å²) < 4.78 is 4.87. The van der Waals surface area contributed by atoms with E-state index in [1.807, 2.05) is 0 Å². The minimum absolute atomic E-state index is 0.113. The van der Waals surface area contributed by atoms with Crippen LogP contribution in [-0.4, -0.2) is 23.0 Å². The summed E-state index contributed by atoms with van der Waals surface area (Å²) in [7, 11) is 1.45. The molecule has 0 aromatic carbocycles. The second kappa shape index (κ2) is 5.31. The van der Waals surface area contributed by atoms with E-state index in [0.29, 0.717) is 5.88 Å².